The van der Waals surface area contributed by atoms with E-state index in [-0.39, 0.29) is 16.8 Å². The Kier molecular flexibility index (Phi) is 4.13. The van der Waals surface area contributed by atoms with E-state index in [0.717, 1.165) is 12.1 Å². The first-order chi connectivity index (χ1) is 9.99. The maximum absolute atomic E-state index is 13.4. The number of hydrogen-bond acceptors (Lipinski definition) is 4. The Morgan fingerprint density at radius 1 is 1.00 bits per heavy atom. The Hall–Kier alpha value is -2.96. The Morgan fingerprint density at radius 3 is 2.29 bits per heavy atom. The lowest BCUT2D eigenvalue weighted by Gasteiger charge is -2.12. The molecule has 108 valence electrons. The summed E-state index contributed by atoms with van der Waals surface area (Å²) in [4.78, 5) is 22.7. The van der Waals surface area contributed by atoms with Gasteiger partial charge in [0.2, 0.25) is 0 Å². The molecule has 2 N–H and O–H groups in total. The number of hydrogen-bond donors (Lipinski definition) is 2. The number of carbonyl (C=O) groups excluding carboxylic acids is 2. The topological polar surface area (TPSA) is 81.3 Å². The predicted molar refractivity (Wildman–Crippen MR) is 68.2 cm³/mol. The van der Waals surface area contributed by atoms with Crippen molar-refractivity contribution in [2.45, 2.75) is 0 Å². The second-order valence-corrected chi connectivity index (χ2v) is 4.04. The van der Waals surface area contributed by atoms with Crippen LogP contribution in [-0.2, 0) is 0 Å². The molecule has 0 unspecified atom stereocenters. The number of anilines is 1. The molecule has 0 saturated heterocycles. The maximum Gasteiger partial charge on any atom is 0.270 e. The van der Waals surface area contributed by atoms with Crippen LogP contribution in [0.15, 0.2) is 42.5 Å². The minimum Gasteiger partial charge on any atom is -0.545 e. The van der Waals surface area contributed by atoms with Crippen molar-refractivity contribution in [2.75, 3.05) is 5.43 Å². The summed E-state index contributed by atoms with van der Waals surface area (Å²) in [5, 5.41) is 10.9. The zero-order chi connectivity index (χ0) is 15.4. The first-order valence-electron chi connectivity index (χ1n) is 5.81. The highest BCUT2D eigenvalue weighted by Gasteiger charge is 2.12. The minimum atomic E-state index is -1.51. The third-order valence-corrected chi connectivity index (χ3v) is 2.63. The molecule has 0 saturated carbocycles. The van der Waals surface area contributed by atoms with E-state index >= 15 is 0 Å². The quantitative estimate of drug-likeness (QED) is 0.826. The van der Waals surface area contributed by atoms with E-state index in [2.05, 4.69) is 10.9 Å². The number of amides is 1. The van der Waals surface area contributed by atoms with Crippen LogP contribution in [-0.4, -0.2) is 11.9 Å². The van der Waals surface area contributed by atoms with Crippen LogP contribution < -0.4 is 16.0 Å². The molecule has 0 radical (unpaired) electrons. The van der Waals surface area contributed by atoms with Gasteiger partial charge in [0.15, 0.2) is 5.82 Å². The lowest BCUT2D eigenvalue weighted by Crippen LogP contribution is -2.33. The number of carbonyl (C=O) groups is 2. The van der Waals surface area contributed by atoms with Crippen molar-refractivity contribution >= 4 is 17.6 Å². The fourth-order valence-corrected chi connectivity index (χ4v) is 1.64. The molecule has 2 aromatic rings. The van der Waals surface area contributed by atoms with Gasteiger partial charge in [-0.15, -0.1) is 0 Å². The number of carboxylic acids is 1. The summed E-state index contributed by atoms with van der Waals surface area (Å²) in [6, 6.07) is 8.15. The van der Waals surface area contributed by atoms with E-state index < -0.39 is 23.5 Å². The fourth-order valence-electron chi connectivity index (χ4n) is 1.64. The Balaban J connectivity index is 2.14. The average Bonchev–Trinajstić information content (AvgIpc) is 2.46. The summed E-state index contributed by atoms with van der Waals surface area (Å²) in [6.07, 6.45) is 0. The summed E-state index contributed by atoms with van der Waals surface area (Å²) < 4.78 is 26.1. The molecule has 2 rings (SSSR count). The molecule has 5 nitrogen and oxygen atoms in total. The zero-order valence-corrected chi connectivity index (χ0v) is 10.5. The summed E-state index contributed by atoms with van der Waals surface area (Å²) in [7, 11) is 0. The Bertz CT molecular complexity index is 704. The largest absolute Gasteiger partial charge is 0.545 e. The van der Waals surface area contributed by atoms with Crippen LogP contribution in [0.4, 0.5) is 14.5 Å². The van der Waals surface area contributed by atoms with E-state index in [1.807, 2.05) is 0 Å². The number of aromatic carboxylic acids is 1. The van der Waals surface area contributed by atoms with E-state index in [1.165, 1.54) is 24.3 Å². The van der Waals surface area contributed by atoms with Crippen molar-refractivity contribution in [3.8, 4) is 0 Å². The van der Waals surface area contributed by atoms with E-state index in [9.17, 15) is 23.5 Å². The third-order valence-electron chi connectivity index (χ3n) is 2.63. The smallest absolute Gasteiger partial charge is 0.270 e. The first kappa shape index (κ1) is 14.4. The van der Waals surface area contributed by atoms with Crippen LogP contribution in [0.25, 0.3) is 0 Å². The Labute approximate surface area is 118 Å². The summed E-state index contributed by atoms with van der Waals surface area (Å²) in [5.41, 5.74) is 3.78. The van der Waals surface area contributed by atoms with Gasteiger partial charge in [-0.25, -0.2) is 8.78 Å². The van der Waals surface area contributed by atoms with Gasteiger partial charge in [-0.3, -0.25) is 15.6 Å². The van der Waals surface area contributed by atoms with Crippen LogP contribution in [0.1, 0.15) is 20.7 Å². The van der Waals surface area contributed by atoms with Gasteiger partial charge in [0, 0.05) is 11.6 Å². The highest BCUT2D eigenvalue weighted by Crippen LogP contribution is 2.14. The molecule has 2 aromatic carbocycles. The zero-order valence-electron chi connectivity index (χ0n) is 10.5. The number of rotatable bonds is 4. The van der Waals surface area contributed by atoms with Crippen LogP contribution >= 0.6 is 0 Å². The van der Waals surface area contributed by atoms with Crippen molar-refractivity contribution in [2.24, 2.45) is 0 Å². The minimum absolute atomic E-state index is 0.146. The number of benzene rings is 2. The number of hydrazine groups is 1. The molecule has 21 heavy (non-hydrogen) atoms. The molecule has 0 spiro atoms. The first-order valence-corrected chi connectivity index (χ1v) is 5.81. The molecule has 0 aliphatic carbocycles. The molecular weight excluding hydrogens is 282 g/mol. The van der Waals surface area contributed by atoms with Gasteiger partial charge in [-0.2, -0.15) is 0 Å². The van der Waals surface area contributed by atoms with Crippen molar-refractivity contribution in [3.63, 3.8) is 0 Å². The van der Waals surface area contributed by atoms with E-state index in [0.29, 0.717) is 6.07 Å². The number of nitrogens with one attached hydrogen (secondary N) is 2. The summed E-state index contributed by atoms with van der Waals surface area (Å²) in [6.45, 7) is 0. The lowest BCUT2D eigenvalue weighted by atomic mass is 10.1. The van der Waals surface area contributed by atoms with Gasteiger partial charge in [-0.1, -0.05) is 18.2 Å². The van der Waals surface area contributed by atoms with Crippen molar-refractivity contribution < 1.29 is 23.5 Å². The van der Waals surface area contributed by atoms with Gasteiger partial charge in [-0.05, 0) is 18.2 Å². The van der Waals surface area contributed by atoms with Crippen molar-refractivity contribution in [1.82, 2.24) is 5.43 Å². The average molecular weight is 291 g/mol. The monoisotopic (exact) mass is 291 g/mol. The lowest BCUT2D eigenvalue weighted by molar-refractivity contribution is -0.255. The second-order valence-electron chi connectivity index (χ2n) is 4.04. The van der Waals surface area contributed by atoms with Gasteiger partial charge < -0.3 is 9.90 Å². The van der Waals surface area contributed by atoms with Gasteiger partial charge in [0.1, 0.15) is 5.82 Å². The van der Waals surface area contributed by atoms with Crippen LogP contribution in [0.3, 0.4) is 0 Å². The van der Waals surface area contributed by atoms with Crippen molar-refractivity contribution in [1.29, 1.82) is 0 Å². The fraction of sp³-hybridized carbons (Fsp3) is 0. The number of carboxylic acid groups (broad SMARTS) is 1. The molecule has 0 heterocycles. The molecular formula is C14H9F2N2O3-. The van der Waals surface area contributed by atoms with Crippen molar-refractivity contribution in [3.05, 3.63) is 65.2 Å². The highest BCUT2D eigenvalue weighted by atomic mass is 19.1. The highest BCUT2D eigenvalue weighted by molar-refractivity contribution is 6.04. The molecule has 0 bridgehead atoms. The normalized spacial score (nSPS) is 10.0. The summed E-state index contributed by atoms with van der Waals surface area (Å²) >= 11 is 0. The van der Waals surface area contributed by atoms with E-state index in [4.69, 9.17) is 0 Å². The maximum atomic E-state index is 13.4. The molecule has 7 heteroatoms. The predicted octanol–water partition coefficient (Wildman–Crippen LogP) is 1.09. The number of halogens is 2. The standard InChI is InChI=1S/C14H10F2N2O3/c15-8-5-6-12(11(16)7-8)17-18-13(19)9-3-1-2-4-10(9)14(20)21/h1-7,17H,(H,18,19)(H,20,21)/p-1. The van der Waals surface area contributed by atoms with Gasteiger partial charge in [0.25, 0.3) is 5.91 Å². The van der Waals surface area contributed by atoms with Gasteiger partial charge >= 0.3 is 0 Å². The Morgan fingerprint density at radius 2 is 1.67 bits per heavy atom. The molecule has 0 aliphatic rings. The summed E-state index contributed by atoms with van der Waals surface area (Å²) in [5.74, 6) is -3.96. The van der Waals surface area contributed by atoms with Gasteiger partial charge in [0.05, 0.1) is 17.2 Å². The molecule has 0 aliphatic heterocycles. The van der Waals surface area contributed by atoms with Crippen LogP contribution in [0.5, 0.6) is 0 Å². The van der Waals surface area contributed by atoms with Crippen LogP contribution in [0, 0.1) is 11.6 Å². The van der Waals surface area contributed by atoms with Crippen LogP contribution in [0.2, 0.25) is 0 Å². The molecule has 0 atom stereocenters. The SMILES string of the molecule is O=C([O-])c1ccccc1C(=O)NNc1ccc(F)cc1F. The molecule has 0 aromatic heterocycles. The molecule has 0 fully saturated rings. The molecule has 1 amide bonds. The third kappa shape index (κ3) is 3.33. The second kappa shape index (κ2) is 6.00. The van der Waals surface area contributed by atoms with E-state index in [1.54, 1.807) is 0 Å².